The molecule has 3 aliphatic rings. The summed E-state index contributed by atoms with van der Waals surface area (Å²) in [5.41, 5.74) is 0.674. The highest BCUT2D eigenvalue weighted by Gasteiger charge is 2.48. The Kier molecular flexibility index (Phi) is 3.92. The number of aliphatic carboxylic acids is 1. The quantitative estimate of drug-likeness (QED) is 0.793. The molecule has 0 aliphatic carbocycles. The maximum absolute atomic E-state index is 12.9. The number of hydrogen-bond acceptors (Lipinski definition) is 5. The molecule has 2 atom stereocenters. The maximum atomic E-state index is 12.9. The van der Waals surface area contributed by atoms with Gasteiger partial charge in [0.2, 0.25) is 5.91 Å². The third kappa shape index (κ3) is 2.51. The van der Waals surface area contributed by atoms with Crippen molar-refractivity contribution < 1.29 is 19.5 Å². The number of hydrogen-bond donors (Lipinski definition) is 1. The van der Waals surface area contributed by atoms with E-state index >= 15 is 0 Å². The summed E-state index contributed by atoms with van der Waals surface area (Å²) in [6.45, 7) is 4.70. The van der Waals surface area contributed by atoms with E-state index in [0.29, 0.717) is 13.1 Å². The van der Waals surface area contributed by atoms with Crippen molar-refractivity contribution >= 4 is 29.4 Å². The van der Waals surface area contributed by atoms with Gasteiger partial charge in [-0.2, -0.15) is 11.8 Å². The summed E-state index contributed by atoms with van der Waals surface area (Å²) in [4.78, 5) is 31.0. The Hall–Kier alpha value is -1.50. The molecule has 0 radical (unpaired) electrons. The average molecular weight is 324 g/mol. The minimum Gasteiger partial charge on any atom is -0.477 e. The van der Waals surface area contributed by atoms with Gasteiger partial charge in [-0.3, -0.25) is 4.79 Å². The van der Waals surface area contributed by atoms with Gasteiger partial charge in [0.25, 0.3) is 0 Å². The first-order valence-electron chi connectivity index (χ1n) is 7.45. The molecule has 1 saturated heterocycles. The molecule has 6 nitrogen and oxygen atoms in total. The normalized spacial score (nSPS) is 27.8. The van der Waals surface area contributed by atoms with E-state index in [-0.39, 0.29) is 23.6 Å². The Morgan fingerprint density at radius 2 is 2.23 bits per heavy atom. The van der Waals surface area contributed by atoms with Gasteiger partial charge in [0.15, 0.2) is 11.8 Å². The molecule has 3 heterocycles. The molecule has 3 aliphatic heterocycles. The summed E-state index contributed by atoms with van der Waals surface area (Å²) in [5.74, 6) is 0.678. The summed E-state index contributed by atoms with van der Waals surface area (Å²) in [6.07, 6.45) is 2.77. The lowest BCUT2D eigenvalue weighted by Gasteiger charge is -2.33. The van der Waals surface area contributed by atoms with E-state index in [1.54, 1.807) is 4.90 Å². The van der Waals surface area contributed by atoms with Crippen LogP contribution in [0.5, 0.6) is 0 Å². The molecule has 1 N–H and O–H groups in total. The average Bonchev–Trinajstić information content (AvgIpc) is 3.06. The Bertz CT molecular complexity index is 570. The van der Waals surface area contributed by atoms with Crippen LogP contribution in [0, 0.1) is 11.3 Å². The van der Waals surface area contributed by atoms with Crippen molar-refractivity contribution in [2.45, 2.75) is 26.4 Å². The van der Waals surface area contributed by atoms with Gasteiger partial charge < -0.3 is 14.8 Å². The highest BCUT2D eigenvalue weighted by Crippen LogP contribution is 2.37. The van der Waals surface area contributed by atoms with Crippen molar-refractivity contribution in [3.05, 3.63) is 11.6 Å². The molecule has 0 saturated carbocycles. The van der Waals surface area contributed by atoms with Crippen molar-refractivity contribution in [3.63, 3.8) is 0 Å². The lowest BCUT2D eigenvalue weighted by atomic mass is 9.81. The smallest absolute Gasteiger partial charge is 0.354 e. The molecular weight excluding hydrogens is 304 g/mol. The zero-order valence-electron chi connectivity index (χ0n) is 12.7. The van der Waals surface area contributed by atoms with Crippen molar-refractivity contribution in [2.75, 3.05) is 24.6 Å². The molecule has 0 aromatic carbocycles. The molecule has 0 bridgehead atoms. The van der Waals surface area contributed by atoms with Gasteiger partial charge in [-0.05, 0) is 26.0 Å². The van der Waals surface area contributed by atoms with E-state index in [1.165, 1.54) is 5.57 Å². The monoisotopic (exact) mass is 324 g/mol. The Morgan fingerprint density at radius 3 is 2.86 bits per heavy atom. The number of likely N-dealkylation sites (tertiary alicyclic amines) is 1. The van der Waals surface area contributed by atoms with Crippen LogP contribution in [-0.4, -0.2) is 58.3 Å². The molecule has 3 rings (SSSR count). The molecule has 7 heteroatoms. The third-order valence-electron chi connectivity index (χ3n) is 4.71. The van der Waals surface area contributed by atoms with E-state index in [0.717, 1.165) is 17.9 Å². The van der Waals surface area contributed by atoms with E-state index < -0.39 is 11.4 Å². The summed E-state index contributed by atoms with van der Waals surface area (Å²) >= 11 is 1.87. The molecule has 0 unspecified atom stereocenters. The molecule has 0 aromatic rings. The molecule has 0 aromatic heterocycles. The lowest BCUT2D eigenvalue weighted by molar-refractivity contribution is -0.138. The first-order valence-corrected chi connectivity index (χ1v) is 8.60. The van der Waals surface area contributed by atoms with E-state index in [1.807, 2.05) is 25.6 Å². The second-order valence-electron chi connectivity index (χ2n) is 6.42. The summed E-state index contributed by atoms with van der Waals surface area (Å²) in [5, 5.41) is 12.8. The number of amides is 1. The number of carbonyl (C=O) groups excluding carboxylic acids is 1. The van der Waals surface area contributed by atoms with Crippen molar-refractivity contribution in [2.24, 2.45) is 16.5 Å². The van der Waals surface area contributed by atoms with Crippen molar-refractivity contribution in [3.8, 4) is 0 Å². The van der Waals surface area contributed by atoms with E-state index in [4.69, 9.17) is 9.94 Å². The molecule has 0 spiro atoms. The zero-order chi connectivity index (χ0) is 15.9. The van der Waals surface area contributed by atoms with Crippen molar-refractivity contribution in [1.82, 2.24) is 4.90 Å². The van der Waals surface area contributed by atoms with Crippen LogP contribution in [0.2, 0.25) is 0 Å². The summed E-state index contributed by atoms with van der Waals surface area (Å²) < 4.78 is 0. The Morgan fingerprint density at radius 1 is 1.45 bits per heavy atom. The predicted molar refractivity (Wildman–Crippen MR) is 83.8 cm³/mol. The highest BCUT2D eigenvalue weighted by atomic mass is 32.2. The Balaban J connectivity index is 1.73. The number of nitrogens with zero attached hydrogens (tertiary/aromatic N) is 2. The standard InChI is InChI=1S/C15H20N2O4S/c1-15(2,9-3-5-22-6-4-9)14(20)17-7-10-11(8-17)21-16-12(10)13(18)19/h3,10-11H,4-8H2,1-2H3,(H,18,19)/t10-,11+/m1/s1. The maximum Gasteiger partial charge on any atom is 0.354 e. The van der Waals surface area contributed by atoms with Gasteiger partial charge in [0.1, 0.15) is 0 Å². The minimum atomic E-state index is -1.06. The number of carboxylic acid groups (broad SMARTS) is 1. The van der Waals surface area contributed by atoms with E-state index in [2.05, 4.69) is 11.2 Å². The third-order valence-corrected chi connectivity index (χ3v) is 5.61. The number of carboxylic acids is 1. The van der Waals surface area contributed by atoms with Crippen LogP contribution in [0.25, 0.3) is 0 Å². The second kappa shape index (κ2) is 5.61. The van der Waals surface area contributed by atoms with Gasteiger partial charge in [-0.15, -0.1) is 0 Å². The van der Waals surface area contributed by atoms with Crippen LogP contribution in [0.15, 0.2) is 16.8 Å². The first-order chi connectivity index (χ1) is 10.4. The van der Waals surface area contributed by atoms with Gasteiger partial charge in [-0.25, -0.2) is 4.79 Å². The summed E-state index contributed by atoms with van der Waals surface area (Å²) in [6, 6.07) is 0. The molecule has 120 valence electrons. The molecular formula is C15H20N2O4S. The van der Waals surface area contributed by atoms with Crippen LogP contribution in [0.4, 0.5) is 0 Å². The zero-order valence-corrected chi connectivity index (χ0v) is 13.6. The van der Waals surface area contributed by atoms with E-state index in [9.17, 15) is 9.59 Å². The lowest BCUT2D eigenvalue weighted by Crippen LogP contribution is -2.42. The second-order valence-corrected chi connectivity index (χ2v) is 7.57. The van der Waals surface area contributed by atoms with Crippen molar-refractivity contribution in [1.29, 1.82) is 0 Å². The van der Waals surface area contributed by atoms with Gasteiger partial charge >= 0.3 is 5.97 Å². The van der Waals surface area contributed by atoms with Crippen LogP contribution >= 0.6 is 11.8 Å². The van der Waals surface area contributed by atoms with Crippen LogP contribution < -0.4 is 0 Å². The topological polar surface area (TPSA) is 79.2 Å². The molecule has 1 amide bonds. The molecule has 22 heavy (non-hydrogen) atoms. The molecule has 1 fully saturated rings. The fraction of sp³-hybridized carbons (Fsp3) is 0.667. The first kappa shape index (κ1) is 15.4. The van der Waals surface area contributed by atoms with Gasteiger partial charge in [-0.1, -0.05) is 16.8 Å². The van der Waals surface area contributed by atoms with Crippen LogP contribution in [0.1, 0.15) is 20.3 Å². The van der Waals surface area contributed by atoms with Crippen LogP contribution in [-0.2, 0) is 14.4 Å². The number of carbonyl (C=O) groups is 2. The fourth-order valence-electron chi connectivity index (χ4n) is 3.33. The fourth-order valence-corrected chi connectivity index (χ4v) is 4.18. The highest BCUT2D eigenvalue weighted by molar-refractivity contribution is 7.99. The van der Waals surface area contributed by atoms with Crippen LogP contribution in [0.3, 0.4) is 0 Å². The number of oxime groups is 1. The Labute approximate surface area is 133 Å². The largest absolute Gasteiger partial charge is 0.477 e. The number of fused-ring (bicyclic) bond motifs is 1. The van der Waals surface area contributed by atoms with Gasteiger partial charge in [0, 0.05) is 12.3 Å². The SMILES string of the molecule is CC(C)(C(=O)N1C[C@@H]2ON=C(C(=O)O)[C@@H]2C1)C1=CCSCC1. The number of thioether (sulfide) groups is 1. The van der Waals surface area contributed by atoms with Gasteiger partial charge in [0.05, 0.1) is 17.9 Å². The minimum absolute atomic E-state index is 0.0337. The number of rotatable bonds is 3. The summed E-state index contributed by atoms with van der Waals surface area (Å²) in [7, 11) is 0. The predicted octanol–water partition coefficient (Wildman–Crippen LogP) is 1.37.